The van der Waals surface area contributed by atoms with Crippen LogP contribution in [0.1, 0.15) is 27.7 Å². The van der Waals surface area contributed by atoms with Gasteiger partial charge in [-0.05, 0) is 36.1 Å². The number of allylic oxidation sites excluding steroid dienone is 3. The van der Waals surface area contributed by atoms with Crippen LogP contribution in [0.15, 0.2) is 96.5 Å². The van der Waals surface area contributed by atoms with Gasteiger partial charge in [0.15, 0.2) is 0 Å². The zero-order valence-electron chi connectivity index (χ0n) is 19.9. The van der Waals surface area contributed by atoms with E-state index in [9.17, 15) is 0 Å². The van der Waals surface area contributed by atoms with Crippen LogP contribution in [-0.2, 0) is 26.5 Å². The fourth-order valence-corrected chi connectivity index (χ4v) is 2.41. The number of rotatable bonds is 4. The molecule has 4 heteroatoms. The van der Waals surface area contributed by atoms with Gasteiger partial charge >= 0.3 is 0 Å². The molecule has 0 aliphatic carbocycles. The molecular weight excluding hydrogens is 432 g/mol. The molecule has 0 fully saturated rings. The predicted octanol–water partition coefficient (Wildman–Crippen LogP) is 7.89. The first-order valence-corrected chi connectivity index (χ1v) is 12.2. The van der Waals surface area contributed by atoms with Gasteiger partial charge < -0.3 is 9.47 Å². The van der Waals surface area contributed by atoms with Gasteiger partial charge in [-0.25, -0.2) is 0 Å². The molecule has 164 valence electrons. The fourth-order valence-electron chi connectivity index (χ4n) is 2.41. The summed E-state index contributed by atoms with van der Waals surface area (Å²) < 4.78 is 10.9. The maximum Gasteiger partial charge on any atom is 0.126 e. The van der Waals surface area contributed by atoms with Gasteiger partial charge in [-0.2, -0.15) is 17.5 Å². The van der Waals surface area contributed by atoms with E-state index in [4.69, 9.17) is 9.47 Å². The monoisotopic (exact) mass is 467 g/mol. The van der Waals surface area contributed by atoms with E-state index in [2.05, 4.69) is 76.3 Å². The van der Waals surface area contributed by atoms with Gasteiger partial charge in [0.25, 0.3) is 0 Å². The van der Waals surface area contributed by atoms with Gasteiger partial charge in [0.2, 0.25) is 0 Å². The summed E-state index contributed by atoms with van der Waals surface area (Å²) in [6.45, 7) is 12.7. The molecule has 3 aromatic carbocycles. The van der Waals surface area contributed by atoms with Crippen molar-refractivity contribution < 1.29 is 31.2 Å². The van der Waals surface area contributed by atoms with E-state index in [1.807, 2.05) is 43.3 Å². The van der Waals surface area contributed by atoms with E-state index in [-0.39, 0.29) is 27.1 Å². The summed E-state index contributed by atoms with van der Waals surface area (Å²) in [7, 11) is 2.75. The van der Waals surface area contributed by atoms with Crippen molar-refractivity contribution in [3.63, 3.8) is 0 Å². The Balaban J connectivity index is 0.000000573. The van der Waals surface area contributed by atoms with E-state index in [1.54, 1.807) is 13.4 Å². The second-order valence-electron chi connectivity index (χ2n) is 7.87. The first-order valence-electron chi connectivity index (χ1n) is 10.2. The normalized spacial score (nSPS) is 11.3. The molecule has 0 saturated heterocycles. The van der Waals surface area contributed by atoms with Crippen LogP contribution in [0.5, 0.6) is 5.75 Å². The minimum Gasteiger partial charge on any atom is -0.501 e. The minimum absolute atomic E-state index is 0. The summed E-state index contributed by atoms with van der Waals surface area (Å²) >= 11 is 0. The molecule has 0 saturated carbocycles. The van der Waals surface area contributed by atoms with Crippen LogP contribution >= 0.6 is 0 Å². The molecule has 0 aromatic heterocycles. The number of hydrogen-bond donors (Lipinski definition) is 0. The van der Waals surface area contributed by atoms with Crippen LogP contribution in [0.3, 0.4) is 0 Å². The van der Waals surface area contributed by atoms with Crippen LogP contribution in [-0.4, -0.2) is 16.6 Å². The average Bonchev–Trinajstić information content (AvgIpc) is 3.21. The Hall–Kier alpha value is -1.94. The summed E-state index contributed by atoms with van der Waals surface area (Å²) in [5.74, 6) is 1.70. The van der Waals surface area contributed by atoms with E-state index in [0.717, 1.165) is 26.6 Å². The van der Waals surface area contributed by atoms with Crippen molar-refractivity contribution in [2.24, 2.45) is 5.41 Å². The Morgan fingerprint density at radius 2 is 1.52 bits per heavy atom. The number of fused-ring (bicyclic) bond motifs is 1. The number of benzene rings is 2. The van der Waals surface area contributed by atoms with Crippen LogP contribution in [0.25, 0.3) is 10.8 Å². The zero-order valence-corrected chi connectivity index (χ0v) is 22.5. The molecule has 3 aromatic rings. The summed E-state index contributed by atoms with van der Waals surface area (Å²) in [5.41, 5.74) is 1.10. The van der Waals surface area contributed by atoms with Crippen molar-refractivity contribution in [1.29, 1.82) is 0 Å². The molecule has 0 bridgehead atoms. The third kappa shape index (κ3) is 11.9. The number of para-hydroxylation sites is 1. The Morgan fingerprint density at radius 1 is 0.935 bits per heavy atom. The Bertz CT molecular complexity index is 875. The summed E-state index contributed by atoms with van der Waals surface area (Å²) in [6.07, 6.45) is 3.79. The topological polar surface area (TPSA) is 18.5 Å². The van der Waals surface area contributed by atoms with Crippen molar-refractivity contribution >= 4 is 20.3 Å². The second-order valence-corrected chi connectivity index (χ2v) is 8.87. The van der Waals surface area contributed by atoms with Crippen molar-refractivity contribution in [2.45, 2.75) is 40.8 Å². The molecule has 0 amide bonds. The molecule has 0 aliphatic heterocycles. The van der Waals surface area contributed by atoms with E-state index in [0.29, 0.717) is 0 Å². The van der Waals surface area contributed by atoms with Gasteiger partial charge in [0, 0.05) is 31.2 Å². The number of ether oxygens (including phenoxy) is 2. The van der Waals surface area contributed by atoms with Gasteiger partial charge in [-0.3, -0.25) is 0 Å². The Labute approximate surface area is 206 Å². The average molecular weight is 468 g/mol. The zero-order chi connectivity index (χ0) is 22.4. The van der Waals surface area contributed by atoms with Crippen LogP contribution in [0.4, 0.5) is 0 Å². The summed E-state index contributed by atoms with van der Waals surface area (Å²) in [5, 5.41) is 2.66. The van der Waals surface area contributed by atoms with E-state index < -0.39 is 0 Å². The third-order valence-electron chi connectivity index (χ3n) is 4.16. The predicted molar refractivity (Wildman–Crippen MR) is 132 cm³/mol. The standard InChI is InChI=1S/C16H22O2.C9H7.C2H6Si.Ti/c1-13(17-5)11-14(16(2,3)4)12-18-15-9-7-6-8-10-15;1-2-5-9-7-3-6-8(9)4-1;1-3-2;/h6-12H,1-5H3;1-7H;1-2H3;/q;-1;;. The van der Waals surface area contributed by atoms with Gasteiger partial charge in [0.1, 0.15) is 5.75 Å². The van der Waals surface area contributed by atoms with E-state index in [1.165, 1.54) is 10.8 Å². The van der Waals surface area contributed by atoms with Crippen molar-refractivity contribution in [3.05, 3.63) is 96.5 Å². The maximum atomic E-state index is 5.68. The second kappa shape index (κ2) is 15.8. The van der Waals surface area contributed by atoms with Gasteiger partial charge in [-0.1, -0.05) is 58.1 Å². The third-order valence-corrected chi connectivity index (χ3v) is 4.16. The Kier molecular flexibility index (Phi) is 14.8. The van der Waals surface area contributed by atoms with Gasteiger partial charge in [-0.15, -0.1) is 29.7 Å². The quantitative estimate of drug-likeness (QED) is 0.168. The largest absolute Gasteiger partial charge is 0.501 e. The maximum absolute atomic E-state index is 5.68. The molecule has 31 heavy (non-hydrogen) atoms. The summed E-state index contributed by atoms with van der Waals surface area (Å²) in [6, 6.07) is 24.4. The smallest absolute Gasteiger partial charge is 0.126 e. The molecule has 0 atom stereocenters. The van der Waals surface area contributed by atoms with Crippen LogP contribution < -0.4 is 4.74 Å². The fraction of sp³-hybridized carbons (Fsp3) is 0.296. The molecule has 0 heterocycles. The minimum atomic E-state index is 0. The number of hydrogen-bond acceptors (Lipinski definition) is 2. The first-order chi connectivity index (χ1) is 14.3. The van der Waals surface area contributed by atoms with Crippen molar-refractivity contribution in [2.75, 3.05) is 7.11 Å². The molecule has 2 nitrogen and oxygen atoms in total. The molecule has 3 rings (SSSR count). The molecule has 0 spiro atoms. The first kappa shape index (κ1) is 29.1. The molecule has 2 radical (unpaired) electrons. The van der Waals surface area contributed by atoms with Crippen LogP contribution in [0, 0.1) is 5.41 Å². The van der Waals surface area contributed by atoms with Gasteiger partial charge in [0.05, 0.1) is 19.1 Å². The van der Waals surface area contributed by atoms with Crippen LogP contribution in [0.2, 0.25) is 13.1 Å². The Morgan fingerprint density at radius 3 is 2.06 bits per heavy atom. The van der Waals surface area contributed by atoms with Crippen molar-refractivity contribution in [3.8, 4) is 5.75 Å². The van der Waals surface area contributed by atoms with E-state index >= 15 is 0 Å². The molecule has 0 aliphatic rings. The molecule has 0 N–H and O–H groups in total. The molecule has 0 unspecified atom stereocenters. The van der Waals surface area contributed by atoms with Crippen molar-refractivity contribution in [1.82, 2.24) is 0 Å². The molecular formula is C27H35O2SiTi-. The SMILES string of the molecule is COC(C)=CC(=COc1ccccc1)C(C)(C)C.C[Si]C.[Ti].c1ccc2[cH-]ccc2c1. The number of methoxy groups -OCH3 is 1. The summed E-state index contributed by atoms with van der Waals surface area (Å²) in [4.78, 5) is 0.